The van der Waals surface area contributed by atoms with Gasteiger partial charge in [0.05, 0.1) is 19.2 Å². The lowest BCUT2D eigenvalue weighted by molar-refractivity contribution is -0.120. The highest BCUT2D eigenvalue weighted by molar-refractivity contribution is 5.96. The molecule has 1 rings (SSSR count). The van der Waals surface area contributed by atoms with E-state index in [1.54, 1.807) is 24.3 Å². The molecule has 19 heavy (non-hydrogen) atoms. The summed E-state index contributed by atoms with van der Waals surface area (Å²) in [5.41, 5.74) is 1.01. The molecule has 5 nitrogen and oxygen atoms in total. The number of ether oxygens (including phenoxy) is 1. The van der Waals surface area contributed by atoms with Gasteiger partial charge in [0.25, 0.3) is 0 Å². The number of amides is 1. The molecule has 0 radical (unpaired) electrons. The Bertz CT molecular complexity index is 446. The zero-order valence-electron chi connectivity index (χ0n) is 11.5. The van der Waals surface area contributed by atoms with E-state index >= 15 is 0 Å². The molecule has 0 heterocycles. The maximum atomic E-state index is 11.6. The molecular weight excluding hydrogens is 244 g/mol. The molecule has 1 unspecified atom stereocenters. The van der Waals surface area contributed by atoms with Crippen LogP contribution in [-0.2, 0) is 9.53 Å². The van der Waals surface area contributed by atoms with Crippen molar-refractivity contribution in [3.8, 4) is 0 Å². The van der Waals surface area contributed by atoms with Gasteiger partial charge in [-0.25, -0.2) is 4.79 Å². The smallest absolute Gasteiger partial charge is 0.339 e. The Labute approximate surface area is 113 Å². The van der Waals surface area contributed by atoms with Crippen LogP contribution in [0.1, 0.15) is 30.6 Å². The van der Waals surface area contributed by atoms with Gasteiger partial charge in [-0.1, -0.05) is 19.1 Å². The second-order valence-corrected chi connectivity index (χ2v) is 4.27. The molecule has 1 aromatic rings. The summed E-state index contributed by atoms with van der Waals surface area (Å²) < 4.78 is 4.69. The van der Waals surface area contributed by atoms with Gasteiger partial charge in [0, 0.05) is 11.7 Å². The lowest BCUT2D eigenvalue weighted by Gasteiger charge is -2.13. The average molecular weight is 264 g/mol. The Morgan fingerprint density at radius 3 is 2.63 bits per heavy atom. The minimum absolute atomic E-state index is 0.103. The van der Waals surface area contributed by atoms with Crippen LogP contribution in [0, 0.1) is 0 Å². The highest BCUT2D eigenvalue weighted by Crippen LogP contribution is 2.15. The second-order valence-electron chi connectivity index (χ2n) is 4.27. The van der Waals surface area contributed by atoms with Gasteiger partial charge in [-0.05, 0) is 25.5 Å². The van der Waals surface area contributed by atoms with Gasteiger partial charge in [-0.2, -0.15) is 0 Å². The zero-order valence-corrected chi connectivity index (χ0v) is 11.5. The number of hydrogen-bond acceptors (Lipinski definition) is 4. The van der Waals surface area contributed by atoms with E-state index in [0.717, 1.165) is 6.42 Å². The van der Waals surface area contributed by atoms with Crippen molar-refractivity contribution in [1.82, 2.24) is 5.32 Å². The second kappa shape index (κ2) is 7.41. The molecule has 0 aliphatic rings. The molecule has 0 saturated carbocycles. The van der Waals surface area contributed by atoms with Crippen molar-refractivity contribution in [3.63, 3.8) is 0 Å². The standard InChI is InChI=1S/C14H20N2O3/c1-4-10(2)16-13(17)9-15-12-8-6-5-7-11(12)14(18)19-3/h5-8,10,15H,4,9H2,1-3H3,(H,16,17). The Morgan fingerprint density at radius 1 is 1.32 bits per heavy atom. The Balaban J connectivity index is 2.63. The number of benzene rings is 1. The summed E-state index contributed by atoms with van der Waals surface area (Å²) in [5.74, 6) is -0.528. The molecule has 5 heteroatoms. The monoisotopic (exact) mass is 264 g/mol. The molecule has 0 fully saturated rings. The highest BCUT2D eigenvalue weighted by atomic mass is 16.5. The van der Waals surface area contributed by atoms with Crippen LogP contribution in [0.3, 0.4) is 0 Å². The van der Waals surface area contributed by atoms with Gasteiger partial charge >= 0.3 is 5.97 Å². The average Bonchev–Trinajstić information content (AvgIpc) is 2.44. The first-order chi connectivity index (χ1) is 9.08. The molecule has 0 aliphatic carbocycles. The Hall–Kier alpha value is -2.04. The quantitative estimate of drug-likeness (QED) is 0.769. The van der Waals surface area contributed by atoms with E-state index in [1.165, 1.54) is 7.11 Å². The van der Waals surface area contributed by atoms with Gasteiger partial charge in [0.1, 0.15) is 0 Å². The van der Waals surface area contributed by atoms with Crippen molar-refractivity contribution < 1.29 is 14.3 Å². The first-order valence-corrected chi connectivity index (χ1v) is 6.29. The first-order valence-electron chi connectivity index (χ1n) is 6.29. The summed E-state index contributed by atoms with van der Waals surface area (Å²) in [5, 5.41) is 5.79. The van der Waals surface area contributed by atoms with Crippen molar-refractivity contribution in [1.29, 1.82) is 0 Å². The topological polar surface area (TPSA) is 67.4 Å². The lowest BCUT2D eigenvalue weighted by atomic mass is 10.2. The van der Waals surface area contributed by atoms with Crippen molar-refractivity contribution in [2.45, 2.75) is 26.3 Å². The number of nitrogens with one attached hydrogen (secondary N) is 2. The van der Waals surface area contributed by atoms with E-state index in [4.69, 9.17) is 0 Å². The molecule has 1 amide bonds. The summed E-state index contributed by atoms with van der Waals surface area (Å²) in [6.45, 7) is 4.07. The van der Waals surface area contributed by atoms with Crippen LogP contribution in [0.15, 0.2) is 24.3 Å². The number of carbonyl (C=O) groups excluding carboxylic acids is 2. The number of hydrogen-bond donors (Lipinski definition) is 2. The third-order valence-electron chi connectivity index (χ3n) is 2.79. The number of para-hydroxylation sites is 1. The molecule has 0 aromatic heterocycles. The molecule has 1 atom stereocenters. The third-order valence-corrected chi connectivity index (χ3v) is 2.79. The van der Waals surface area contributed by atoms with E-state index in [2.05, 4.69) is 15.4 Å². The molecular formula is C14H20N2O3. The molecule has 0 spiro atoms. The van der Waals surface area contributed by atoms with Crippen LogP contribution >= 0.6 is 0 Å². The zero-order chi connectivity index (χ0) is 14.3. The first kappa shape index (κ1) is 15.0. The van der Waals surface area contributed by atoms with Crippen LogP contribution in [0.4, 0.5) is 5.69 Å². The van der Waals surface area contributed by atoms with Crippen molar-refractivity contribution >= 4 is 17.6 Å². The molecule has 1 aromatic carbocycles. The summed E-state index contributed by atoms with van der Waals surface area (Å²) in [6.07, 6.45) is 0.879. The number of methoxy groups -OCH3 is 1. The number of carbonyl (C=O) groups is 2. The predicted octanol–water partition coefficient (Wildman–Crippen LogP) is 1.80. The fourth-order valence-corrected chi connectivity index (χ4v) is 1.53. The SMILES string of the molecule is CCC(C)NC(=O)CNc1ccccc1C(=O)OC. The molecule has 0 bridgehead atoms. The highest BCUT2D eigenvalue weighted by Gasteiger charge is 2.12. The van der Waals surface area contributed by atoms with Crippen molar-refractivity contribution in [2.24, 2.45) is 0 Å². The number of anilines is 1. The molecule has 0 aliphatic heterocycles. The Morgan fingerprint density at radius 2 is 2.00 bits per heavy atom. The Kier molecular flexibility index (Phi) is 5.85. The van der Waals surface area contributed by atoms with Crippen LogP contribution in [0.25, 0.3) is 0 Å². The number of esters is 1. The van der Waals surface area contributed by atoms with Gasteiger partial charge in [0.15, 0.2) is 0 Å². The predicted molar refractivity (Wildman–Crippen MR) is 74.2 cm³/mol. The van der Waals surface area contributed by atoms with Gasteiger partial charge in [0.2, 0.25) is 5.91 Å². The van der Waals surface area contributed by atoms with Crippen LogP contribution in [0.5, 0.6) is 0 Å². The van der Waals surface area contributed by atoms with Gasteiger partial charge in [-0.15, -0.1) is 0 Å². The van der Waals surface area contributed by atoms with Crippen LogP contribution in [-0.4, -0.2) is 31.6 Å². The number of rotatable bonds is 6. The summed E-state index contributed by atoms with van der Waals surface area (Å²) in [7, 11) is 1.33. The molecule has 2 N–H and O–H groups in total. The van der Waals surface area contributed by atoms with E-state index in [1.807, 2.05) is 13.8 Å². The minimum atomic E-state index is -0.426. The van der Waals surface area contributed by atoms with Crippen molar-refractivity contribution in [3.05, 3.63) is 29.8 Å². The van der Waals surface area contributed by atoms with Gasteiger partial charge < -0.3 is 15.4 Å². The van der Waals surface area contributed by atoms with E-state index in [0.29, 0.717) is 11.3 Å². The third kappa shape index (κ3) is 4.62. The minimum Gasteiger partial charge on any atom is -0.465 e. The normalized spacial score (nSPS) is 11.5. The van der Waals surface area contributed by atoms with Crippen LogP contribution < -0.4 is 10.6 Å². The summed E-state index contributed by atoms with van der Waals surface area (Å²) >= 11 is 0. The fourth-order valence-electron chi connectivity index (χ4n) is 1.53. The maximum absolute atomic E-state index is 11.6. The van der Waals surface area contributed by atoms with Crippen LogP contribution in [0.2, 0.25) is 0 Å². The van der Waals surface area contributed by atoms with E-state index in [9.17, 15) is 9.59 Å². The molecule has 104 valence electrons. The summed E-state index contributed by atoms with van der Waals surface area (Å²) in [4.78, 5) is 23.2. The lowest BCUT2D eigenvalue weighted by Crippen LogP contribution is -2.36. The van der Waals surface area contributed by atoms with Gasteiger partial charge in [-0.3, -0.25) is 4.79 Å². The van der Waals surface area contributed by atoms with E-state index < -0.39 is 5.97 Å². The fraction of sp³-hybridized carbons (Fsp3) is 0.429. The maximum Gasteiger partial charge on any atom is 0.339 e. The molecule has 0 saturated heterocycles. The van der Waals surface area contributed by atoms with Crippen molar-refractivity contribution in [2.75, 3.05) is 19.0 Å². The summed E-state index contributed by atoms with van der Waals surface area (Å²) in [6, 6.07) is 7.08. The largest absolute Gasteiger partial charge is 0.465 e. The van der Waals surface area contributed by atoms with E-state index in [-0.39, 0.29) is 18.5 Å².